The lowest BCUT2D eigenvalue weighted by Gasteiger charge is -2.16. The number of anilines is 1. The summed E-state index contributed by atoms with van der Waals surface area (Å²) in [7, 11) is 1.12. The number of rotatable bonds is 2. The van der Waals surface area contributed by atoms with E-state index in [1.54, 1.807) is 0 Å². The maximum atomic E-state index is 12.6. The second-order valence-corrected chi connectivity index (χ2v) is 7.74. The number of oxime groups is 1. The largest absolute Gasteiger partial charge is 0.410 e. The molecule has 0 saturated carbocycles. The van der Waals surface area contributed by atoms with E-state index in [0.29, 0.717) is 29.9 Å². The van der Waals surface area contributed by atoms with Crippen molar-refractivity contribution < 1.29 is 18.4 Å². The molecule has 23 heavy (non-hydrogen) atoms. The van der Waals surface area contributed by atoms with Gasteiger partial charge in [-0.15, -0.1) is 12.4 Å². The van der Waals surface area contributed by atoms with E-state index in [0.717, 1.165) is 9.87 Å². The lowest BCUT2D eigenvalue weighted by Crippen LogP contribution is -2.24. The summed E-state index contributed by atoms with van der Waals surface area (Å²) in [5, 5.41) is 14.7. The first-order valence-corrected chi connectivity index (χ1v) is 8.05. The standard InChI is InChI=1S/C13H16N4O4S.ClH/c1-16(2)22(20,21)10-4-7-11(14-13(18)12(7)15-19)9-6-17(3)5-8(9)10;/h4,19H,5-6H2,1-3H3,(H,14,15,18);1H. The predicted molar refractivity (Wildman–Crippen MR) is 86.7 cm³/mol. The van der Waals surface area contributed by atoms with Gasteiger partial charge in [0.05, 0.1) is 10.6 Å². The summed E-state index contributed by atoms with van der Waals surface area (Å²) in [5.74, 6) is -0.534. The molecule has 1 aromatic carbocycles. The van der Waals surface area contributed by atoms with Gasteiger partial charge in [-0.1, -0.05) is 5.16 Å². The highest BCUT2D eigenvalue weighted by atomic mass is 35.5. The molecule has 1 amide bonds. The molecular formula is C13H17ClN4O4S. The molecule has 0 radical (unpaired) electrons. The Labute approximate surface area is 140 Å². The minimum Gasteiger partial charge on any atom is -0.410 e. The molecule has 0 fully saturated rings. The Hall–Kier alpha value is -1.68. The van der Waals surface area contributed by atoms with Crippen LogP contribution in [0.3, 0.4) is 0 Å². The van der Waals surface area contributed by atoms with E-state index in [1.165, 1.54) is 20.2 Å². The highest BCUT2D eigenvalue weighted by molar-refractivity contribution is 7.89. The Balaban J connectivity index is 0.00000192. The van der Waals surface area contributed by atoms with Crippen LogP contribution in [0.15, 0.2) is 16.1 Å². The molecule has 10 heteroatoms. The molecule has 2 aliphatic heterocycles. The van der Waals surface area contributed by atoms with Gasteiger partial charge in [-0.25, -0.2) is 12.7 Å². The molecule has 0 saturated heterocycles. The molecule has 2 N–H and O–H groups in total. The molecule has 8 nitrogen and oxygen atoms in total. The summed E-state index contributed by atoms with van der Waals surface area (Å²) in [6, 6.07) is 1.41. The molecule has 3 rings (SSSR count). The number of hydrogen-bond acceptors (Lipinski definition) is 6. The molecule has 0 spiro atoms. The molecular weight excluding hydrogens is 344 g/mol. The average Bonchev–Trinajstić information content (AvgIpc) is 2.96. The highest BCUT2D eigenvalue weighted by Gasteiger charge is 2.37. The zero-order valence-corrected chi connectivity index (χ0v) is 14.5. The Kier molecular flexibility index (Phi) is 4.42. The van der Waals surface area contributed by atoms with E-state index in [4.69, 9.17) is 5.21 Å². The fourth-order valence-electron chi connectivity index (χ4n) is 2.85. The third kappa shape index (κ3) is 2.49. The van der Waals surface area contributed by atoms with Crippen LogP contribution in [0.5, 0.6) is 0 Å². The van der Waals surface area contributed by atoms with Gasteiger partial charge < -0.3 is 10.5 Å². The fraction of sp³-hybridized carbons (Fsp3) is 0.385. The van der Waals surface area contributed by atoms with Gasteiger partial charge in [0.15, 0.2) is 5.71 Å². The number of hydrogen-bond donors (Lipinski definition) is 2. The number of fused-ring (bicyclic) bond motifs is 3. The third-order valence-electron chi connectivity index (χ3n) is 3.93. The van der Waals surface area contributed by atoms with Crippen LogP contribution in [-0.2, 0) is 27.9 Å². The summed E-state index contributed by atoms with van der Waals surface area (Å²) < 4.78 is 26.3. The second-order valence-electron chi connectivity index (χ2n) is 5.62. The molecule has 0 bridgehead atoms. The zero-order chi connectivity index (χ0) is 16.2. The Morgan fingerprint density at radius 3 is 2.48 bits per heavy atom. The normalized spacial score (nSPS) is 18.8. The highest BCUT2D eigenvalue weighted by Crippen LogP contribution is 2.39. The SMILES string of the molecule is CN1Cc2c(S(=O)(=O)N(C)C)cc3c(c2C1)NC(=O)/C3=N\O.Cl. The Morgan fingerprint density at radius 1 is 1.30 bits per heavy atom. The van der Waals surface area contributed by atoms with Gasteiger partial charge in [0.1, 0.15) is 0 Å². The number of nitrogens with zero attached hydrogens (tertiary/aromatic N) is 3. The number of carbonyl (C=O) groups excluding carboxylic acids is 1. The molecule has 0 unspecified atom stereocenters. The van der Waals surface area contributed by atoms with Gasteiger partial charge in [-0.2, -0.15) is 0 Å². The molecule has 0 aliphatic carbocycles. The van der Waals surface area contributed by atoms with E-state index in [1.807, 2.05) is 11.9 Å². The third-order valence-corrected chi connectivity index (χ3v) is 5.81. The van der Waals surface area contributed by atoms with Crippen molar-refractivity contribution >= 4 is 39.7 Å². The zero-order valence-electron chi connectivity index (χ0n) is 12.8. The van der Waals surface area contributed by atoms with Gasteiger partial charge in [-0.05, 0) is 24.2 Å². The first-order valence-electron chi connectivity index (χ1n) is 6.61. The summed E-state index contributed by atoms with van der Waals surface area (Å²) in [6.07, 6.45) is 0. The van der Waals surface area contributed by atoms with E-state index in [-0.39, 0.29) is 23.0 Å². The number of carbonyl (C=O) groups is 1. The molecule has 0 atom stereocenters. The van der Waals surface area contributed by atoms with Crippen LogP contribution in [0, 0.1) is 0 Å². The molecule has 2 aliphatic rings. The van der Waals surface area contributed by atoms with Gasteiger partial charge >= 0.3 is 0 Å². The molecule has 1 aromatic rings. The smallest absolute Gasteiger partial charge is 0.278 e. The first-order chi connectivity index (χ1) is 10.3. The van der Waals surface area contributed by atoms with Crippen molar-refractivity contribution in [2.45, 2.75) is 18.0 Å². The predicted octanol–water partition coefficient (Wildman–Crippen LogP) is 0.434. The Morgan fingerprint density at radius 2 is 1.91 bits per heavy atom. The molecule has 0 aromatic heterocycles. The average molecular weight is 361 g/mol. The summed E-state index contributed by atoms with van der Waals surface area (Å²) in [5.41, 5.74) is 2.13. The van der Waals surface area contributed by atoms with Crippen LogP contribution in [0.4, 0.5) is 5.69 Å². The number of amides is 1. The van der Waals surface area contributed by atoms with Crippen LogP contribution in [-0.4, -0.2) is 55.6 Å². The maximum Gasteiger partial charge on any atom is 0.278 e. The monoisotopic (exact) mass is 360 g/mol. The van der Waals surface area contributed by atoms with Crippen LogP contribution < -0.4 is 5.32 Å². The molecule has 126 valence electrons. The van der Waals surface area contributed by atoms with Crippen molar-refractivity contribution in [1.82, 2.24) is 9.21 Å². The maximum absolute atomic E-state index is 12.6. The van der Waals surface area contributed by atoms with Crippen LogP contribution >= 0.6 is 12.4 Å². The lowest BCUT2D eigenvalue weighted by atomic mass is 10.0. The number of sulfonamides is 1. The number of halogens is 1. The van der Waals surface area contributed by atoms with Gasteiger partial charge in [0.2, 0.25) is 10.0 Å². The van der Waals surface area contributed by atoms with Crippen LogP contribution in [0.25, 0.3) is 0 Å². The van der Waals surface area contributed by atoms with Crippen LogP contribution in [0.1, 0.15) is 16.7 Å². The second kappa shape index (κ2) is 5.75. The van der Waals surface area contributed by atoms with Crippen LogP contribution in [0.2, 0.25) is 0 Å². The van der Waals surface area contributed by atoms with E-state index < -0.39 is 15.9 Å². The van der Waals surface area contributed by atoms with Crippen molar-refractivity contribution in [2.75, 3.05) is 26.5 Å². The topological polar surface area (TPSA) is 102 Å². The number of nitrogens with one attached hydrogen (secondary N) is 1. The van der Waals surface area contributed by atoms with E-state index >= 15 is 0 Å². The summed E-state index contributed by atoms with van der Waals surface area (Å²) in [6.45, 7) is 1.000. The lowest BCUT2D eigenvalue weighted by molar-refractivity contribution is -0.110. The number of benzene rings is 1. The van der Waals surface area contributed by atoms with Crippen molar-refractivity contribution in [1.29, 1.82) is 0 Å². The first kappa shape index (κ1) is 17.7. The van der Waals surface area contributed by atoms with Crippen molar-refractivity contribution in [3.8, 4) is 0 Å². The summed E-state index contributed by atoms with van der Waals surface area (Å²) >= 11 is 0. The van der Waals surface area contributed by atoms with E-state index in [2.05, 4.69) is 10.5 Å². The van der Waals surface area contributed by atoms with Crippen molar-refractivity contribution in [2.24, 2.45) is 5.16 Å². The Bertz CT molecular complexity index is 820. The quantitative estimate of drug-likeness (QED) is 0.588. The van der Waals surface area contributed by atoms with Crippen molar-refractivity contribution in [3.05, 3.63) is 22.8 Å². The minimum atomic E-state index is -3.67. The fourth-order valence-corrected chi connectivity index (χ4v) is 4.01. The summed E-state index contributed by atoms with van der Waals surface area (Å²) in [4.78, 5) is 14.0. The van der Waals surface area contributed by atoms with Gasteiger partial charge in [0.25, 0.3) is 5.91 Å². The van der Waals surface area contributed by atoms with Gasteiger partial charge in [-0.3, -0.25) is 9.69 Å². The van der Waals surface area contributed by atoms with Crippen molar-refractivity contribution in [3.63, 3.8) is 0 Å². The van der Waals surface area contributed by atoms with E-state index in [9.17, 15) is 13.2 Å². The molecule has 2 heterocycles. The van der Waals surface area contributed by atoms with Gasteiger partial charge in [0, 0.05) is 32.7 Å². The minimum absolute atomic E-state index is 0.